The van der Waals surface area contributed by atoms with Crippen LogP contribution in [0, 0.1) is 35.5 Å². The maximum atomic E-state index is 11.3. The Morgan fingerprint density at radius 1 is 0.208 bits per heavy atom. The topological polar surface area (TPSA) is 177 Å². The molecule has 6 atom stereocenters. The first kappa shape index (κ1) is 83.3. The van der Waals surface area contributed by atoms with Crippen LogP contribution in [0.1, 0.15) is 345 Å². The fourth-order valence-electron chi connectivity index (χ4n) is 12.0. The van der Waals surface area contributed by atoms with E-state index >= 15 is 0 Å². The van der Waals surface area contributed by atoms with E-state index in [0.717, 1.165) is 116 Å². The van der Waals surface area contributed by atoms with Gasteiger partial charge in [0.15, 0.2) is 34.5 Å². The number of benzene rings is 3. The first-order valence-electron chi connectivity index (χ1n) is 38.9. The third kappa shape index (κ3) is 37.2. The minimum Gasteiger partial charge on any atom is -0.487 e. The molecule has 0 spiro atoms. The molecule has 0 aliphatic heterocycles. The van der Waals surface area contributed by atoms with Crippen molar-refractivity contribution in [2.45, 2.75) is 348 Å². The van der Waals surface area contributed by atoms with Crippen LogP contribution in [0.5, 0.6) is 34.5 Å². The van der Waals surface area contributed by atoms with Crippen LogP contribution in [0.3, 0.4) is 0 Å². The molecule has 12 heteroatoms. The van der Waals surface area contributed by atoms with E-state index in [1.165, 1.54) is 116 Å². The minimum atomic E-state index is -0.725. The Kier molecular flexibility index (Phi) is 46.7. The number of aliphatic hydroxyl groups excluding tert-OH is 6. The normalized spacial score (nSPS) is 13.5. The van der Waals surface area contributed by atoms with Crippen LogP contribution in [-0.4, -0.2) is 107 Å². The van der Waals surface area contributed by atoms with Crippen LogP contribution in [0.25, 0.3) is 0 Å². The van der Waals surface area contributed by atoms with Gasteiger partial charge in [0.05, 0.1) is 36.6 Å². The van der Waals surface area contributed by atoms with E-state index in [1.807, 2.05) is 0 Å². The Hall–Kier alpha value is -5.10. The van der Waals surface area contributed by atoms with Gasteiger partial charge in [0, 0.05) is 69.8 Å². The van der Waals surface area contributed by atoms with Gasteiger partial charge in [-0.3, -0.25) is 0 Å². The summed E-state index contributed by atoms with van der Waals surface area (Å²) in [6.45, 7) is 13.4. The highest BCUT2D eigenvalue weighted by atomic mass is 16.5. The lowest BCUT2D eigenvalue weighted by Gasteiger charge is -2.19. The van der Waals surface area contributed by atoms with Crippen LogP contribution in [0.4, 0.5) is 0 Å². The van der Waals surface area contributed by atoms with E-state index in [4.69, 9.17) is 28.4 Å². The molecule has 12 nitrogen and oxygen atoms in total. The highest BCUT2D eigenvalue weighted by molar-refractivity contribution is 5.67. The molecule has 0 bridgehead atoms. The lowest BCUT2D eigenvalue weighted by molar-refractivity contribution is 0.0843. The molecule has 96 heavy (non-hydrogen) atoms. The first-order chi connectivity index (χ1) is 46.9. The molecule has 3 aromatic rings. The third-order valence-corrected chi connectivity index (χ3v) is 18.2. The Balaban J connectivity index is 1.94. The van der Waals surface area contributed by atoms with E-state index in [0.29, 0.717) is 106 Å². The van der Waals surface area contributed by atoms with E-state index in [9.17, 15) is 30.6 Å². The summed E-state index contributed by atoms with van der Waals surface area (Å²) < 4.78 is 39.1. The van der Waals surface area contributed by atoms with Gasteiger partial charge < -0.3 is 59.1 Å². The predicted molar refractivity (Wildman–Crippen MR) is 394 cm³/mol. The van der Waals surface area contributed by atoms with Gasteiger partial charge in [-0.15, -0.1) is 0 Å². The zero-order chi connectivity index (χ0) is 69.1. The molecule has 0 heterocycles. The summed E-state index contributed by atoms with van der Waals surface area (Å²) in [7, 11) is 0. The van der Waals surface area contributed by atoms with E-state index in [-0.39, 0.29) is 39.6 Å². The van der Waals surface area contributed by atoms with E-state index in [1.54, 1.807) is 36.4 Å². The highest BCUT2D eigenvalue weighted by Crippen LogP contribution is 2.36. The van der Waals surface area contributed by atoms with E-state index < -0.39 is 36.6 Å². The van der Waals surface area contributed by atoms with Gasteiger partial charge in [0.1, 0.15) is 39.6 Å². The number of ether oxygens (including phenoxy) is 6. The number of rotatable bonds is 60. The predicted octanol–water partition coefficient (Wildman–Crippen LogP) is 19.1. The average molecular weight is 1330 g/mol. The molecule has 0 saturated carbocycles. The van der Waals surface area contributed by atoms with Crippen molar-refractivity contribution < 1.29 is 59.1 Å². The summed E-state index contributed by atoms with van der Waals surface area (Å²) in [5.41, 5.74) is 3.04. The van der Waals surface area contributed by atoms with Crippen LogP contribution in [0.2, 0.25) is 0 Å². The van der Waals surface area contributed by atoms with Gasteiger partial charge >= 0.3 is 0 Å². The van der Waals surface area contributed by atoms with Crippen molar-refractivity contribution in [2.75, 3.05) is 39.6 Å². The summed E-state index contributed by atoms with van der Waals surface area (Å²) in [5, 5.41) is 68.1. The molecule has 540 valence electrons. The fraction of sp³-hybridized carbons (Fsp3) is 0.714. The highest BCUT2D eigenvalue weighted by Gasteiger charge is 2.21. The molecule has 1 aliphatic carbocycles. The number of aliphatic hydroxyl groups is 6. The number of unbranched alkanes of at least 4 members (excludes halogenated alkanes) is 30. The number of fused-ring (bicyclic) bond motifs is 3. The molecule has 4 rings (SSSR count). The van der Waals surface area contributed by atoms with Crippen molar-refractivity contribution in [1.82, 2.24) is 0 Å². The molecule has 3 aromatic carbocycles. The summed E-state index contributed by atoms with van der Waals surface area (Å²) in [6, 6.07) is 10.8. The van der Waals surface area contributed by atoms with Gasteiger partial charge in [-0.05, 0) is 38.5 Å². The third-order valence-electron chi connectivity index (χ3n) is 18.2. The SMILES string of the molecule is CCCCCCCC[C@H](O)COc1cc2c(cc1OC[C@@H](O)CCCCCCCC)C#Cc1cc(OC[C@@H](O)CCCCCCCC)c(OC[C@@H](O)CCCCCCCC)cc1C#Cc1cc(OC[C@@H](O)CCCCCCCC)c(OC[C@@H](O)CCCCCCCC)cc1C#C2. The van der Waals surface area contributed by atoms with Gasteiger partial charge in [-0.25, -0.2) is 0 Å². The molecule has 0 aromatic heterocycles. The van der Waals surface area contributed by atoms with E-state index in [2.05, 4.69) is 77.1 Å². The smallest absolute Gasteiger partial charge is 0.162 e. The van der Waals surface area contributed by atoms with Crippen LogP contribution in [-0.2, 0) is 0 Å². The van der Waals surface area contributed by atoms with Gasteiger partial charge in [-0.2, -0.15) is 0 Å². The van der Waals surface area contributed by atoms with Crippen molar-refractivity contribution in [2.24, 2.45) is 0 Å². The standard InChI is InChI=1S/C84H132O12/c1-7-13-19-25-31-37-43-73(85)61-91-79-55-67-49-50-69-57-81(93-63-75(87)45-39-33-27-21-15-9-3)83(95-65-77(89)47-41-35-29-23-17-11-5)59-71(69)53-54-72-60-84(96-66-78(90)48-42-36-30-24-18-12-6)82(94-64-76(88)46-40-34-28-22-16-10-4)58-70(72)52-51-68(67)56-80(79)92-62-74(86)44-38-32-26-20-14-8-2/h55-60,73-78,85-90H,7-48,61-66H2,1-6H3/t73-,74-,75-,76-,77-,78-/m0/s1. The summed E-state index contributed by atoms with van der Waals surface area (Å²) in [5.74, 6) is 22.7. The van der Waals surface area contributed by atoms with Crippen molar-refractivity contribution in [1.29, 1.82) is 0 Å². The second-order valence-corrected chi connectivity index (χ2v) is 27.4. The molecule has 6 N–H and O–H groups in total. The van der Waals surface area contributed by atoms with Gasteiger partial charge in [0.2, 0.25) is 0 Å². The molecule has 0 fully saturated rings. The molecule has 0 amide bonds. The lowest BCUT2D eigenvalue weighted by Crippen LogP contribution is -2.20. The second kappa shape index (κ2) is 53.8. The second-order valence-electron chi connectivity index (χ2n) is 27.4. The van der Waals surface area contributed by atoms with Gasteiger partial charge in [0.25, 0.3) is 0 Å². The zero-order valence-electron chi connectivity index (χ0n) is 61.0. The van der Waals surface area contributed by atoms with Crippen molar-refractivity contribution >= 4 is 0 Å². The molecule has 0 radical (unpaired) electrons. The maximum Gasteiger partial charge on any atom is 0.162 e. The Morgan fingerprint density at radius 2 is 0.333 bits per heavy atom. The fourth-order valence-corrected chi connectivity index (χ4v) is 12.0. The average Bonchev–Trinajstić information content (AvgIpc) is 0.810. The monoisotopic (exact) mass is 1330 g/mol. The van der Waals surface area contributed by atoms with Crippen LogP contribution >= 0.6 is 0 Å². The van der Waals surface area contributed by atoms with Crippen LogP contribution < -0.4 is 28.4 Å². The number of hydrogen-bond acceptors (Lipinski definition) is 12. The first-order valence-corrected chi connectivity index (χ1v) is 38.9. The Bertz CT molecular complexity index is 2230. The Morgan fingerprint density at radius 3 is 0.469 bits per heavy atom. The molecule has 0 saturated heterocycles. The largest absolute Gasteiger partial charge is 0.487 e. The zero-order valence-corrected chi connectivity index (χ0v) is 61.0. The molecular formula is C84H132O12. The minimum absolute atomic E-state index is 0.0219. The summed E-state index contributed by atoms with van der Waals surface area (Å²) in [6.07, 6.45) is 38.9. The number of hydrogen-bond donors (Lipinski definition) is 6. The van der Waals surface area contributed by atoms with Crippen molar-refractivity contribution in [3.8, 4) is 70.0 Å². The van der Waals surface area contributed by atoms with Crippen molar-refractivity contribution in [3.63, 3.8) is 0 Å². The quantitative estimate of drug-likeness (QED) is 0.0182. The Labute approximate surface area is 583 Å². The van der Waals surface area contributed by atoms with Crippen LogP contribution in [0.15, 0.2) is 36.4 Å². The molecular weight excluding hydrogens is 1200 g/mol. The summed E-state index contributed by atoms with van der Waals surface area (Å²) >= 11 is 0. The van der Waals surface area contributed by atoms with Gasteiger partial charge in [-0.1, -0.05) is 308 Å². The maximum absolute atomic E-state index is 11.3. The molecule has 1 aliphatic rings. The van der Waals surface area contributed by atoms with Crippen molar-refractivity contribution in [3.05, 3.63) is 69.8 Å². The lowest BCUT2D eigenvalue weighted by atomic mass is 10.0. The molecule has 0 unspecified atom stereocenters. The summed E-state index contributed by atoms with van der Waals surface area (Å²) in [4.78, 5) is 0.